The van der Waals surface area contributed by atoms with Crippen LogP contribution in [0.25, 0.3) is 0 Å². The SMILES string of the molecule is CC(C)(C)C(=O)N(CCc1ccccn1)Cc1ccccc1. The van der Waals surface area contributed by atoms with Crippen LogP contribution in [-0.2, 0) is 17.8 Å². The summed E-state index contributed by atoms with van der Waals surface area (Å²) in [7, 11) is 0. The van der Waals surface area contributed by atoms with Gasteiger partial charge in [0.2, 0.25) is 5.91 Å². The number of amides is 1. The monoisotopic (exact) mass is 296 g/mol. The lowest BCUT2D eigenvalue weighted by atomic mass is 9.94. The fourth-order valence-corrected chi connectivity index (χ4v) is 2.33. The van der Waals surface area contributed by atoms with Gasteiger partial charge in [-0.05, 0) is 17.7 Å². The Balaban J connectivity index is 2.09. The minimum atomic E-state index is -0.376. The molecular weight excluding hydrogens is 272 g/mol. The molecule has 3 nitrogen and oxygen atoms in total. The van der Waals surface area contributed by atoms with Crippen molar-refractivity contribution in [3.05, 3.63) is 66.0 Å². The van der Waals surface area contributed by atoms with Gasteiger partial charge >= 0.3 is 0 Å². The Bertz CT molecular complexity index is 588. The number of nitrogens with zero attached hydrogens (tertiary/aromatic N) is 2. The quantitative estimate of drug-likeness (QED) is 0.843. The molecule has 0 aliphatic heterocycles. The molecular formula is C19H24N2O. The summed E-state index contributed by atoms with van der Waals surface area (Å²) in [6.45, 7) is 7.22. The van der Waals surface area contributed by atoms with Crippen LogP contribution in [0.4, 0.5) is 0 Å². The van der Waals surface area contributed by atoms with Crippen molar-refractivity contribution in [2.45, 2.75) is 33.7 Å². The van der Waals surface area contributed by atoms with Crippen LogP contribution < -0.4 is 0 Å². The molecule has 0 saturated heterocycles. The number of pyridine rings is 1. The van der Waals surface area contributed by atoms with E-state index in [4.69, 9.17) is 0 Å². The van der Waals surface area contributed by atoms with E-state index < -0.39 is 0 Å². The molecule has 116 valence electrons. The largest absolute Gasteiger partial charge is 0.338 e. The fraction of sp³-hybridized carbons (Fsp3) is 0.368. The number of aromatic nitrogens is 1. The van der Waals surface area contributed by atoms with Gasteiger partial charge in [-0.25, -0.2) is 0 Å². The van der Waals surface area contributed by atoms with E-state index in [1.54, 1.807) is 6.20 Å². The highest BCUT2D eigenvalue weighted by molar-refractivity contribution is 5.81. The molecule has 0 bridgehead atoms. The number of carbonyl (C=O) groups excluding carboxylic acids is 1. The van der Waals surface area contributed by atoms with E-state index in [0.29, 0.717) is 13.1 Å². The second kappa shape index (κ2) is 7.21. The van der Waals surface area contributed by atoms with Crippen LogP contribution in [0.15, 0.2) is 54.7 Å². The maximum atomic E-state index is 12.7. The molecule has 1 heterocycles. The van der Waals surface area contributed by atoms with Crippen molar-refractivity contribution in [1.29, 1.82) is 0 Å². The first-order valence-electron chi connectivity index (χ1n) is 7.70. The Labute approximate surface area is 133 Å². The molecule has 0 aliphatic carbocycles. The molecule has 2 rings (SSSR count). The van der Waals surface area contributed by atoms with Gasteiger partial charge in [-0.2, -0.15) is 0 Å². The van der Waals surface area contributed by atoms with E-state index in [9.17, 15) is 4.79 Å². The van der Waals surface area contributed by atoms with Gasteiger partial charge in [0, 0.05) is 36.8 Å². The number of rotatable bonds is 5. The fourth-order valence-electron chi connectivity index (χ4n) is 2.33. The molecule has 0 N–H and O–H groups in total. The van der Waals surface area contributed by atoms with E-state index in [1.165, 1.54) is 0 Å². The average molecular weight is 296 g/mol. The van der Waals surface area contributed by atoms with Gasteiger partial charge in [-0.15, -0.1) is 0 Å². The van der Waals surface area contributed by atoms with E-state index in [0.717, 1.165) is 17.7 Å². The maximum Gasteiger partial charge on any atom is 0.228 e. The van der Waals surface area contributed by atoms with Gasteiger partial charge in [0.25, 0.3) is 0 Å². The second-order valence-electron chi connectivity index (χ2n) is 6.53. The number of hydrogen-bond donors (Lipinski definition) is 0. The lowest BCUT2D eigenvalue weighted by Crippen LogP contribution is -2.40. The van der Waals surface area contributed by atoms with Gasteiger partial charge < -0.3 is 4.90 Å². The molecule has 1 aromatic carbocycles. The summed E-state index contributed by atoms with van der Waals surface area (Å²) in [5.74, 6) is 0.173. The maximum absolute atomic E-state index is 12.7. The van der Waals surface area contributed by atoms with Crippen LogP contribution >= 0.6 is 0 Å². The normalized spacial score (nSPS) is 11.2. The molecule has 0 atom stereocenters. The summed E-state index contributed by atoms with van der Waals surface area (Å²) < 4.78 is 0. The molecule has 0 aliphatic rings. The van der Waals surface area contributed by atoms with Crippen molar-refractivity contribution in [1.82, 2.24) is 9.88 Å². The molecule has 0 radical (unpaired) electrons. The van der Waals surface area contributed by atoms with Crippen LogP contribution in [0.2, 0.25) is 0 Å². The highest BCUT2D eigenvalue weighted by Crippen LogP contribution is 2.19. The van der Waals surface area contributed by atoms with Crippen molar-refractivity contribution in [3.8, 4) is 0 Å². The van der Waals surface area contributed by atoms with E-state index in [-0.39, 0.29) is 11.3 Å². The smallest absolute Gasteiger partial charge is 0.228 e. The first kappa shape index (κ1) is 16.2. The van der Waals surface area contributed by atoms with Crippen LogP contribution in [0.3, 0.4) is 0 Å². The minimum absolute atomic E-state index is 0.173. The van der Waals surface area contributed by atoms with Gasteiger partial charge in [0.1, 0.15) is 0 Å². The van der Waals surface area contributed by atoms with E-state index in [1.807, 2.05) is 62.1 Å². The molecule has 2 aromatic rings. The minimum Gasteiger partial charge on any atom is -0.338 e. The molecule has 22 heavy (non-hydrogen) atoms. The van der Waals surface area contributed by atoms with E-state index >= 15 is 0 Å². The zero-order valence-corrected chi connectivity index (χ0v) is 13.6. The average Bonchev–Trinajstić information content (AvgIpc) is 2.52. The summed E-state index contributed by atoms with van der Waals surface area (Å²) in [5, 5.41) is 0. The van der Waals surface area contributed by atoms with Crippen molar-refractivity contribution < 1.29 is 4.79 Å². The molecule has 0 fully saturated rings. The Morgan fingerprint density at radius 3 is 2.32 bits per heavy atom. The summed E-state index contributed by atoms with van der Waals surface area (Å²) in [6.07, 6.45) is 2.57. The zero-order valence-electron chi connectivity index (χ0n) is 13.6. The molecule has 0 unspecified atom stereocenters. The molecule has 1 aromatic heterocycles. The van der Waals surface area contributed by atoms with Gasteiger partial charge in [-0.1, -0.05) is 57.2 Å². The topological polar surface area (TPSA) is 33.2 Å². The highest BCUT2D eigenvalue weighted by atomic mass is 16.2. The number of benzene rings is 1. The predicted molar refractivity (Wildman–Crippen MR) is 89.3 cm³/mol. The summed E-state index contributed by atoms with van der Waals surface area (Å²) in [4.78, 5) is 19.0. The highest BCUT2D eigenvalue weighted by Gasteiger charge is 2.27. The molecule has 0 saturated carbocycles. The van der Waals surface area contributed by atoms with Crippen LogP contribution in [-0.4, -0.2) is 22.3 Å². The Morgan fingerprint density at radius 1 is 1.05 bits per heavy atom. The van der Waals surface area contributed by atoms with Gasteiger partial charge in [0.05, 0.1) is 0 Å². The summed E-state index contributed by atoms with van der Waals surface area (Å²) in [5.41, 5.74) is 1.79. The van der Waals surface area contributed by atoms with Crippen molar-refractivity contribution >= 4 is 5.91 Å². The molecule has 0 spiro atoms. The third-order valence-corrected chi connectivity index (χ3v) is 3.51. The lowest BCUT2D eigenvalue weighted by molar-refractivity contribution is -0.140. The number of hydrogen-bond acceptors (Lipinski definition) is 2. The first-order chi connectivity index (χ1) is 10.5. The van der Waals surface area contributed by atoms with Crippen molar-refractivity contribution in [3.63, 3.8) is 0 Å². The van der Waals surface area contributed by atoms with Crippen LogP contribution in [0, 0.1) is 5.41 Å². The number of carbonyl (C=O) groups is 1. The molecule has 3 heteroatoms. The lowest BCUT2D eigenvalue weighted by Gasteiger charge is -2.29. The van der Waals surface area contributed by atoms with Gasteiger partial charge in [-0.3, -0.25) is 9.78 Å². The van der Waals surface area contributed by atoms with Crippen molar-refractivity contribution in [2.24, 2.45) is 5.41 Å². The van der Waals surface area contributed by atoms with Crippen molar-refractivity contribution in [2.75, 3.05) is 6.54 Å². The predicted octanol–water partition coefficient (Wildman–Crippen LogP) is 3.70. The first-order valence-corrected chi connectivity index (χ1v) is 7.70. The standard InChI is InChI=1S/C19H24N2O/c1-19(2,3)18(22)21(15-16-9-5-4-6-10-16)14-12-17-11-7-8-13-20-17/h4-11,13H,12,14-15H2,1-3H3. The van der Waals surface area contributed by atoms with Gasteiger partial charge in [0.15, 0.2) is 0 Å². The third-order valence-electron chi connectivity index (χ3n) is 3.51. The summed E-state index contributed by atoms with van der Waals surface area (Å²) in [6, 6.07) is 16.0. The third kappa shape index (κ3) is 4.69. The Kier molecular flexibility index (Phi) is 5.31. The summed E-state index contributed by atoms with van der Waals surface area (Å²) >= 11 is 0. The Morgan fingerprint density at radius 2 is 1.73 bits per heavy atom. The molecule has 1 amide bonds. The Hall–Kier alpha value is -2.16. The van der Waals surface area contributed by atoms with Crippen LogP contribution in [0.5, 0.6) is 0 Å². The zero-order chi connectivity index (χ0) is 16.0. The second-order valence-corrected chi connectivity index (χ2v) is 6.53. The van der Waals surface area contributed by atoms with Crippen LogP contribution in [0.1, 0.15) is 32.0 Å². The van der Waals surface area contributed by atoms with E-state index in [2.05, 4.69) is 17.1 Å².